The Hall–Kier alpha value is -1.44. The van der Waals surface area contributed by atoms with Gasteiger partial charge in [0.15, 0.2) is 0 Å². The molecule has 1 rings (SSSR count). The molecule has 0 aromatic heterocycles. The number of aliphatic hydroxyl groups excluding tert-OH is 3. The molecule has 0 aromatic carbocycles. The molecule has 0 saturated carbocycles. The van der Waals surface area contributed by atoms with E-state index in [2.05, 4.69) is 10.1 Å². The van der Waals surface area contributed by atoms with Crippen LogP contribution in [0.2, 0.25) is 0 Å². The smallest absolute Gasteiger partial charge is 0.333 e. The second-order valence-corrected chi connectivity index (χ2v) is 4.41. The number of hydrogen-bond donors (Lipinski definition) is 4. The average Bonchev–Trinajstić information content (AvgIpc) is 2.46. The van der Waals surface area contributed by atoms with Crippen LogP contribution in [0, 0.1) is 0 Å². The third kappa shape index (κ3) is 7.88. The van der Waals surface area contributed by atoms with Crippen molar-refractivity contribution in [3.05, 3.63) is 11.6 Å². The molecular formula is C13H23NO6. The van der Waals surface area contributed by atoms with Crippen LogP contribution in [0.15, 0.2) is 11.6 Å². The number of nitrogens with one attached hydrogen (secondary N) is 1. The van der Waals surface area contributed by atoms with Gasteiger partial charge in [-0.15, -0.1) is 0 Å². The second kappa shape index (κ2) is 10.4. The van der Waals surface area contributed by atoms with Gasteiger partial charge in [0.05, 0.1) is 20.3 Å². The van der Waals surface area contributed by atoms with Crippen LogP contribution in [0.3, 0.4) is 0 Å². The van der Waals surface area contributed by atoms with Crippen molar-refractivity contribution in [2.24, 2.45) is 0 Å². The number of rotatable bonds is 4. The number of ether oxygens (including phenoxy) is 1. The first kappa shape index (κ1) is 18.6. The molecule has 1 amide bonds. The average molecular weight is 289 g/mol. The molecule has 1 atom stereocenters. The van der Waals surface area contributed by atoms with Crippen molar-refractivity contribution in [2.45, 2.75) is 38.3 Å². The summed E-state index contributed by atoms with van der Waals surface area (Å²) in [6.45, 7) is 0.770. The minimum absolute atomic E-state index is 0.0232. The van der Waals surface area contributed by atoms with E-state index in [9.17, 15) is 9.59 Å². The molecule has 0 radical (unpaired) electrons. The summed E-state index contributed by atoms with van der Waals surface area (Å²) in [6, 6.07) is 0.168. The summed E-state index contributed by atoms with van der Waals surface area (Å²) >= 11 is 0. The molecule has 0 aromatic rings. The van der Waals surface area contributed by atoms with Gasteiger partial charge in [-0.25, -0.2) is 4.79 Å². The topological polar surface area (TPSA) is 116 Å². The molecule has 0 spiro atoms. The van der Waals surface area contributed by atoms with Crippen LogP contribution >= 0.6 is 0 Å². The Morgan fingerprint density at radius 3 is 2.35 bits per heavy atom. The van der Waals surface area contributed by atoms with E-state index >= 15 is 0 Å². The maximum Gasteiger partial charge on any atom is 0.333 e. The number of amides is 1. The standard InChI is InChI=1S/C10H15NO3.C3H8O3/c1-7(12)11-9-5-3-8(4-6-9)10(13)14-2;4-1-3(6)2-5/h3,9H,4-6H2,1-2H3,(H,11,12);3-6H,1-2H2. The molecule has 7 nitrogen and oxygen atoms in total. The molecule has 0 bridgehead atoms. The minimum atomic E-state index is -0.954. The van der Waals surface area contributed by atoms with Crippen molar-refractivity contribution in [3.63, 3.8) is 0 Å². The summed E-state index contributed by atoms with van der Waals surface area (Å²) in [6.07, 6.45) is 3.09. The molecule has 20 heavy (non-hydrogen) atoms. The van der Waals surface area contributed by atoms with Gasteiger partial charge in [-0.2, -0.15) is 0 Å². The first-order valence-electron chi connectivity index (χ1n) is 6.38. The Labute approximate surface area is 118 Å². The summed E-state index contributed by atoms with van der Waals surface area (Å²) < 4.78 is 4.61. The third-order valence-corrected chi connectivity index (χ3v) is 2.69. The number of esters is 1. The lowest BCUT2D eigenvalue weighted by atomic mass is 9.95. The molecule has 4 N–H and O–H groups in total. The van der Waals surface area contributed by atoms with Gasteiger partial charge in [0.1, 0.15) is 6.10 Å². The van der Waals surface area contributed by atoms with Crippen LogP contribution < -0.4 is 5.32 Å². The highest BCUT2D eigenvalue weighted by molar-refractivity contribution is 5.88. The SMILES string of the molecule is COC(=O)C1=CCC(NC(C)=O)CC1.OCC(O)CO. The number of hydrogen-bond acceptors (Lipinski definition) is 6. The Bertz CT molecular complexity index is 338. The van der Waals surface area contributed by atoms with E-state index < -0.39 is 6.10 Å². The van der Waals surface area contributed by atoms with Gasteiger partial charge in [0.2, 0.25) is 5.91 Å². The van der Waals surface area contributed by atoms with Crippen molar-refractivity contribution in [3.8, 4) is 0 Å². The van der Waals surface area contributed by atoms with E-state index in [0.717, 1.165) is 6.42 Å². The van der Waals surface area contributed by atoms with Gasteiger partial charge in [-0.05, 0) is 19.3 Å². The molecule has 116 valence electrons. The van der Waals surface area contributed by atoms with Crippen LogP contribution in [0.4, 0.5) is 0 Å². The maximum atomic E-state index is 11.1. The van der Waals surface area contributed by atoms with Crippen molar-refractivity contribution in [2.75, 3.05) is 20.3 Å². The quantitative estimate of drug-likeness (QED) is 0.499. The van der Waals surface area contributed by atoms with E-state index in [1.165, 1.54) is 14.0 Å². The van der Waals surface area contributed by atoms with Gasteiger partial charge in [0, 0.05) is 18.5 Å². The van der Waals surface area contributed by atoms with Crippen LogP contribution in [-0.4, -0.2) is 59.7 Å². The second-order valence-electron chi connectivity index (χ2n) is 4.41. The van der Waals surface area contributed by atoms with Gasteiger partial charge in [0.25, 0.3) is 0 Å². The molecular weight excluding hydrogens is 266 g/mol. The van der Waals surface area contributed by atoms with Crippen LogP contribution in [-0.2, 0) is 14.3 Å². The van der Waals surface area contributed by atoms with Crippen LogP contribution in [0.5, 0.6) is 0 Å². The zero-order chi connectivity index (χ0) is 15.5. The van der Waals surface area contributed by atoms with Gasteiger partial charge < -0.3 is 25.4 Å². The van der Waals surface area contributed by atoms with Crippen molar-refractivity contribution in [1.29, 1.82) is 0 Å². The van der Waals surface area contributed by atoms with Crippen molar-refractivity contribution >= 4 is 11.9 Å². The Morgan fingerprint density at radius 1 is 1.45 bits per heavy atom. The predicted octanol–water partition coefficient (Wildman–Crippen LogP) is -0.894. The van der Waals surface area contributed by atoms with Crippen LogP contribution in [0.1, 0.15) is 26.2 Å². The molecule has 0 aliphatic heterocycles. The van der Waals surface area contributed by atoms with Crippen LogP contribution in [0.25, 0.3) is 0 Å². The molecule has 0 fully saturated rings. The molecule has 0 heterocycles. The number of aliphatic hydroxyl groups is 3. The maximum absolute atomic E-state index is 11.1. The molecule has 1 aliphatic rings. The number of carbonyl (C=O) groups excluding carboxylic acids is 2. The number of methoxy groups -OCH3 is 1. The molecule has 1 unspecified atom stereocenters. The molecule has 7 heteroatoms. The molecule has 0 saturated heterocycles. The van der Waals surface area contributed by atoms with Gasteiger partial charge >= 0.3 is 5.97 Å². The highest BCUT2D eigenvalue weighted by atomic mass is 16.5. The first-order chi connectivity index (χ1) is 9.44. The Morgan fingerprint density at radius 2 is 2.05 bits per heavy atom. The van der Waals surface area contributed by atoms with Crippen molar-refractivity contribution < 1.29 is 29.6 Å². The van der Waals surface area contributed by atoms with Gasteiger partial charge in [-0.3, -0.25) is 4.79 Å². The summed E-state index contributed by atoms with van der Waals surface area (Å²) in [5.74, 6) is -0.281. The lowest BCUT2D eigenvalue weighted by Gasteiger charge is -2.21. The lowest BCUT2D eigenvalue weighted by Crippen LogP contribution is -2.34. The highest BCUT2D eigenvalue weighted by Crippen LogP contribution is 2.18. The predicted molar refractivity (Wildman–Crippen MR) is 71.7 cm³/mol. The largest absolute Gasteiger partial charge is 0.466 e. The summed E-state index contributed by atoms with van der Waals surface area (Å²) in [4.78, 5) is 21.9. The van der Waals surface area contributed by atoms with E-state index in [1.54, 1.807) is 0 Å². The van der Waals surface area contributed by atoms with E-state index in [4.69, 9.17) is 15.3 Å². The molecule has 1 aliphatic carbocycles. The zero-order valence-electron chi connectivity index (χ0n) is 11.8. The summed E-state index contributed by atoms with van der Waals surface area (Å²) in [5.41, 5.74) is 0.717. The van der Waals surface area contributed by atoms with E-state index in [0.29, 0.717) is 18.4 Å². The fourth-order valence-corrected chi connectivity index (χ4v) is 1.63. The fraction of sp³-hybridized carbons (Fsp3) is 0.692. The van der Waals surface area contributed by atoms with E-state index in [-0.39, 0.29) is 31.1 Å². The fourth-order valence-electron chi connectivity index (χ4n) is 1.63. The Kier molecular flexibility index (Phi) is 9.61. The monoisotopic (exact) mass is 289 g/mol. The highest BCUT2D eigenvalue weighted by Gasteiger charge is 2.19. The summed E-state index contributed by atoms with van der Waals surface area (Å²) in [5, 5.41) is 26.8. The minimum Gasteiger partial charge on any atom is -0.466 e. The van der Waals surface area contributed by atoms with Gasteiger partial charge in [-0.1, -0.05) is 6.08 Å². The lowest BCUT2D eigenvalue weighted by molar-refractivity contribution is -0.136. The summed E-state index contributed by atoms with van der Waals surface area (Å²) in [7, 11) is 1.38. The first-order valence-corrected chi connectivity index (χ1v) is 6.38. The van der Waals surface area contributed by atoms with Crippen molar-refractivity contribution in [1.82, 2.24) is 5.32 Å². The third-order valence-electron chi connectivity index (χ3n) is 2.69. The van der Waals surface area contributed by atoms with E-state index in [1.807, 2.05) is 6.08 Å². The number of carbonyl (C=O) groups is 2. The normalized spacial score (nSPS) is 17.7. The zero-order valence-corrected chi connectivity index (χ0v) is 11.8. The Balaban J connectivity index is 0.000000511.